The molecule has 0 spiro atoms. The van der Waals surface area contributed by atoms with Gasteiger partial charge in [0.15, 0.2) is 0 Å². The normalized spacial score (nSPS) is 13.4. The van der Waals surface area contributed by atoms with Crippen LogP contribution < -0.4 is 16.0 Å². The van der Waals surface area contributed by atoms with E-state index in [9.17, 15) is 19.2 Å². The van der Waals surface area contributed by atoms with Crippen LogP contribution in [0.2, 0.25) is 0 Å². The van der Waals surface area contributed by atoms with Gasteiger partial charge in [-0.05, 0) is 19.3 Å². The van der Waals surface area contributed by atoms with Gasteiger partial charge in [-0.2, -0.15) is 0 Å². The second kappa shape index (κ2) is 8.13. The molecular weight excluding hydrogens is 266 g/mol. The maximum absolute atomic E-state index is 11.3. The monoisotopic (exact) mass is 285 g/mol. The first-order valence-corrected chi connectivity index (χ1v) is 6.56. The van der Waals surface area contributed by atoms with Crippen molar-refractivity contribution in [1.29, 1.82) is 0 Å². The highest BCUT2D eigenvalue weighted by molar-refractivity contribution is 5.95. The molecule has 0 atom stereocenters. The van der Waals surface area contributed by atoms with Crippen LogP contribution in [0, 0.1) is 0 Å². The van der Waals surface area contributed by atoms with Crippen LogP contribution in [0.5, 0.6) is 0 Å². The standard InChI is InChI=1S/C12H19N3O5/c16-9(14-8-3-4-8)2-1-7-13-12(20)15-10(17)5-6-11(18)19/h8H,1-7H2,(H,14,16)(H,18,19)(H2,13,15,17,20). The summed E-state index contributed by atoms with van der Waals surface area (Å²) in [5.41, 5.74) is 0. The number of hydrogen-bond acceptors (Lipinski definition) is 4. The number of carboxylic acids is 1. The number of carbonyl (C=O) groups excluding carboxylic acids is 3. The molecule has 0 bridgehead atoms. The lowest BCUT2D eigenvalue weighted by molar-refractivity contribution is -0.138. The van der Waals surface area contributed by atoms with Crippen LogP contribution in [0.4, 0.5) is 4.79 Å². The molecule has 4 amide bonds. The molecule has 1 fully saturated rings. The van der Waals surface area contributed by atoms with Crippen LogP contribution in [0.3, 0.4) is 0 Å². The van der Waals surface area contributed by atoms with Crippen molar-refractivity contribution < 1.29 is 24.3 Å². The Balaban J connectivity index is 1.99. The first-order valence-electron chi connectivity index (χ1n) is 6.56. The molecule has 112 valence electrons. The van der Waals surface area contributed by atoms with Crippen molar-refractivity contribution in [3.05, 3.63) is 0 Å². The fourth-order valence-electron chi connectivity index (χ4n) is 1.43. The van der Waals surface area contributed by atoms with Crippen molar-refractivity contribution in [3.8, 4) is 0 Å². The molecule has 1 aliphatic carbocycles. The molecular formula is C12H19N3O5. The number of urea groups is 1. The second-order valence-electron chi connectivity index (χ2n) is 4.64. The molecule has 0 heterocycles. The lowest BCUT2D eigenvalue weighted by Gasteiger charge is -2.06. The number of aliphatic carboxylic acids is 1. The van der Waals surface area contributed by atoms with Crippen molar-refractivity contribution >= 4 is 23.8 Å². The molecule has 1 rings (SSSR count). The van der Waals surface area contributed by atoms with Crippen molar-refractivity contribution in [2.45, 2.75) is 44.6 Å². The summed E-state index contributed by atoms with van der Waals surface area (Å²) in [5, 5.41) is 15.6. The van der Waals surface area contributed by atoms with Crippen LogP contribution in [-0.4, -0.2) is 41.5 Å². The molecule has 8 heteroatoms. The quantitative estimate of drug-likeness (QED) is 0.457. The Labute approximate surface area is 116 Å². The molecule has 0 saturated heterocycles. The summed E-state index contributed by atoms with van der Waals surface area (Å²) in [7, 11) is 0. The van der Waals surface area contributed by atoms with Crippen LogP contribution in [0.1, 0.15) is 38.5 Å². The Hall–Kier alpha value is -2.12. The van der Waals surface area contributed by atoms with E-state index in [2.05, 4.69) is 10.6 Å². The highest BCUT2D eigenvalue weighted by Gasteiger charge is 2.22. The largest absolute Gasteiger partial charge is 0.481 e. The van der Waals surface area contributed by atoms with Crippen LogP contribution in [-0.2, 0) is 14.4 Å². The topological polar surface area (TPSA) is 125 Å². The van der Waals surface area contributed by atoms with Crippen LogP contribution >= 0.6 is 0 Å². The second-order valence-corrected chi connectivity index (χ2v) is 4.64. The summed E-state index contributed by atoms with van der Waals surface area (Å²) >= 11 is 0. The third-order valence-corrected chi connectivity index (χ3v) is 2.63. The maximum Gasteiger partial charge on any atom is 0.321 e. The predicted molar refractivity (Wildman–Crippen MR) is 68.8 cm³/mol. The van der Waals surface area contributed by atoms with Gasteiger partial charge in [0.05, 0.1) is 6.42 Å². The van der Waals surface area contributed by atoms with E-state index in [-0.39, 0.29) is 25.3 Å². The number of carbonyl (C=O) groups is 4. The van der Waals surface area contributed by atoms with Crippen molar-refractivity contribution in [2.75, 3.05) is 6.54 Å². The summed E-state index contributed by atoms with van der Waals surface area (Å²) in [4.78, 5) is 43.9. The Morgan fingerprint density at radius 2 is 1.70 bits per heavy atom. The van der Waals surface area contributed by atoms with Gasteiger partial charge in [-0.25, -0.2) is 4.79 Å². The van der Waals surface area contributed by atoms with Crippen molar-refractivity contribution in [1.82, 2.24) is 16.0 Å². The number of rotatable bonds is 8. The van der Waals surface area contributed by atoms with Crippen LogP contribution in [0.25, 0.3) is 0 Å². The Morgan fingerprint density at radius 3 is 2.30 bits per heavy atom. The summed E-state index contributed by atoms with van der Waals surface area (Å²) in [6.45, 7) is 0.274. The highest BCUT2D eigenvalue weighted by Crippen LogP contribution is 2.18. The van der Waals surface area contributed by atoms with Crippen LogP contribution in [0.15, 0.2) is 0 Å². The first-order chi connectivity index (χ1) is 9.47. The SMILES string of the molecule is O=C(O)CCC(=O)NC(=O)NCCCC(=O)NC1CC1. The van der Waals surface area contributed by atoms with E-state index in [1.807, 2.05) is 5.32 Å². The Bertz CT molecular complexity index is 393. The predicted octanol–water partition coefficient (Wildman–Crippen LogP) is -0.264. The van der Waals surface area contributed by atoms with E-state index in [1.165, 1.54) is 0 Å². The van der Waals surface area contributed by atoms with Gasteiger partial charge in [-0.15, -0.1) is 0 Å². The van der Waals surface area contributed by atoms with E-state index in [1.54, 1.807) is 0 Å². The maximum atomic E-state index is 11.3. The summed E-state index contributed by atoms with van der Waals surface area (Å²) in [6.07, 6.45) is 2.31. The molecule has 8 nitrogen and oxygen atoms in total. The van der Waals surface area contributed by atoms with E-state index in [4.69, 9.17) is 5.11 Å². The van der Waals surface area contributed by atoms with Gasteiger partial charge in [-0.1, -0.05) is 0 Å². The number of amides is 4. The van der Waals surface area contributed by atoms with Crippen molar-refractivity contribution in [3.63, 3.8) is 0 Å². The van der Waals surface area contributed by atoms with E-state index in [0.29, 0.717) is 18.9 Å². The zero-order valence-corrected chi connectivity index (χ0v) is 11.1. The average molecular weight is 285 g/mol. The zero-order chi connectivity index (χ0) is 15.0. The fraction of sp³-hybridized carbons (Fsp3) is 0.667. The lowest BCUT2D eigenvalue weighted by Crippen LogP contribution is -2.40. The molecule has 4 N–H and O–H groups in total. The van der Waals surface area contributed by atoms with Gasteiger partial charge in [0, 0.05) is 25.4 Å². The third-order valence-electron chi connectivity index (χ3n) is 2.63. The molecule has 0 aromatic heterocycles. The number of nitrogens with one attached hydrogen (secondary N) is 3. The molecule has 0 unspecified atom stereocenters. The molecule has 1 aliphatic rings. The van der Waals surface area contributed by atoms with E-state index in [0.717, 1.165) is 12.8 Å². The molecule has 0 aromatic rings. The van der Waals surface area contributed by atoms with Gasteiger partial charge >= 0.3 is 12.0 Å². The van der Waals surface area contributed by atoms with E-state index < -0.39 is 17.9 Å². The summed E-state index contributed by atoms with van der Waals surface area (Å²) < 4.78 is 0. The van der Waals surface area contributed by atoms with Gasteiger partial charge < -0.3 is 15.7 Å². The molecule has 0 radical (unpaired) electrons. The third kappa shape index (κ3) is 8.06. The van der Waals surface area contributed by atoms with Crippen molar-refractivity contribution in [2.24, 2.45) is 0 Å². The molecule has 20 heavy (non-hydrogen) atoms. The number of imide groups is 1. The smallest absolute Gasteiger partial charge is 0.321 e. The lowest BCUT2D eigenvalue weighted by atomic mass is 10.3. The Kier molecular flexibility index (Phi) is 6.48. The van der Waals surface area contributed by atoms with Gasteiger partial charge in [-0.3, -0.25) is 19.7 Å². The van der Waals surface area contributed by atoms with E-state index >= 15 is 0 Å². The first kappa shape index (κ1) is 15.9. The summed E-state index contributed by atoms with van der Waals surface area (Å²) in [6, 6.07) is -0.353. The molecule has 0 aromatic carbocycles. The Morgan fingerprint density at radius 1 is 1.00 bits per heavy atom. The minimum absolute atomic E-state index is 0.0350. The fourth-order valence-corrected chi connectivity index (χ4v) is 1.43. The van der Waals surface area contributed by atoms with Gasteiger partial charge in [0.2, 0.25) is 11.8 Å². The average Bonchev–Trinajstić information content (AvgIpc) is 3.16. The number of hydrogen-bond donors (Lipinski definition) is 4. The van der Waals surface area contributed by atoms with Gasteiger partial charge in [0.25, 0.3) is 0 Å². The number of carboxylic acid groups (broad SMARTS) is 1. The minimum atomic E-state index is -1.10. The molecule has 0 aliphatic heterocycles. The molecule has 1 saturated carbocycles. The summed E-state index contributed by atoms with van der Waals surface area (Å²) in [5.74, 6) is -1.77. The highest BCUT2D eigenvalue weighted by atomic mass is 16.4. The van der Waals surface area contributed by atoms with Gasteiger partial charge in [0.1, 0.15) is 0 Å². The minimum Gasteiger partial charge on any atom is -0.481 e. The zero-order valence-electron chi connectivity index (χ0n) is 11.1.